The number of benzene rings is 2. The number of nitrogens with zero attached hydrogens (tertiary/aromatic N) is 1. The number of amides is 2. The number of carbonyl (C=O) groups excluding carboxylic acids is 2. The van der Waals surface area contributed by atoms with Crippen LogP contribution in [0.15, 0.2) is 53.5 Å². The van der Waals surface area contributed by atoms with Gasteiger partial charge in [0.1, 0.15) is 5.25 Å². The summed E-state index contributed by atoms with van der Waals surface area (Å²) in [4.78, 5) is 28.7. The summed E-state index contributed by atoms with van der Waals surface area (Å²) >= 11 is 1.29. The van der Waals surface area contributed by atoms with Crippen LogP contribution in [0.25, 0.3) is 0 Å². The fourth-order valence-electron chi connectivity index (χ4n) is 2.43. The maximum absolute atomic E-state index is 12.2. The summed E-state index contributed by atoms with van der Waals surface area (Å²) in [6.07, 6.45) is 0.108. The molecule has 0 spiro atoms. The molecule has 0 aliphatic carbocycles. The van der Waals surface area contributed by atoms with Crippen LogP contribution in [0.4, 0.5) is 11.4 Å². The number of thioether (sulfide) groups is 1. The lowest BCUT2D eigenvalue weighted by molar-refractivity contribution is -0.122. The fraction of sp³-hybridized carbons (Fsp3) is 0.211. The van der Waals surface area contributed by atoms with Crippen LogP contribution in [0, 0.1) is 13.8 Å². The molecule has 0 saturated carbocycles. The van der Waals surface area contributed by atoms with Crippen LogP contribution in [0.3, 0.4) is 0 Å². The topological polar surface area (TPSA) is 70.6 Å². The van der Waals surface area contributed by atoms with Crippen LogP contribution in [-0.4, -0.2) is 22.2 Å². The van der Waals surface area contributed by atoms with E-state index in [0.717, 1.165) is 22.5 Å². The van der Waals surface area contributed by atoms with Gasteiger partial charge in [0, 0.05) is 12.1 Å². The van der Waals surface area contributed by atoms with Crippen LogP contribution in [0.2, 0.25) is 0 Å². The lowest BCUT2D eigenvalue weighted by Crippen LogP contribution is -2.28. The average molecular weight is 353 g/mol. The number of rotatable bonds is 4. The van der Waals surface area contributed by atoms with Crippen LogP contribution in [-0.2, 0) is 9.59 Å². The Bertz CT molecular complexity index is 831. The predicted molar refractivity (Wildman–Crippen MR) is 102 cm³/mol. The molecule has 1 fully saturated rings. The number of carbonyl (C=O) groups is 2. The second kappa shape index (κ2) is 7.53. The summed E-state index contributed by atoms with van der Waals surface area (Å²) in [5, 5.41) is 5.63. The molecule has 6 heteroatoms. The van der Waals surface area contributed by atoms with Gasteiger partial charge in [-0.25, -0.2) is 4.99 Å². The van der Waals surface area contributed by atoms with Gasteiger partial charge >= 0.3 is 0 Å². The van der Waals surface area contributed by atoms with Gasteiger partial charge in [0.05, 0.1) is 5.69 Å². The first-order valence-electron chi connectivity index (χ1n) is 7.99. The van der Waals surface area contributed by atoms with Crippen molar-refractivity contribution in [2.75, 3.05) is 5.32 Å². The van der Waals surface area contributed by atoms with Crippen LogP contribution in [0.5, 0.6) is 0 Å². The van der Waals surface area contributed by atoms with E-state index in [0.29, 0.717) is 5.17 Å². The molecule has 2 aromatic carbocycles. The van der Waals surface area contributed by atoms with E-state index in [1.807, 2.05) is 62.4 Å². The first-order chi connectivity index (χ1) is 12.0. The minimum Gasteiger partial charge on any atom is -0.326 e. The van der Waals surface area contributed by atoms with Crippen LogP contribution >= 0.6 is 11.8 Å². The fourth-order valence-corrected chi connectivity index (χ4v) is 3.42. The monoisotopic (exact) mass is 353 g/mol. The Kier molecular flexibility index (Phi) is 5.19. The lowest BCUT2D eigenvalue weighted by atomic mass is 10.2. The van der Waals surface area contributed by atoms with Gasteiger partial charge in [-0.15, -0.1) is 0 Å². The number of nitrogens with one attached hydrogen (secondary N) is 2. The van der Waals surface area contributed by atoms with Gasteiger partial charge in [-0.1, -0.05) is 41.6 Å². The molecule has 1 atom stereocenters. The Labute approximate surface area is 150 Å². The van der Waals surface area contributed by atoms with Crippen molar-refractivity contribution in [2.24, 2.45) is 4.99 Å². The third kappa shape index (κ3) is 4.70. The molecule has 2 N–H and O–H groups in total. The third-order valence-corrected chi connectivity index (χ3v) is 4.80. The van der Waals surface area contributed by atoms with Gasteiger partial charge in [0.2, 0.25) is 11.8 Å². The number of anilines is 1. The molecule has 2 aromatic rings. The molecule has 1 heterocycles. The summed E-state index contributed by atoms with van der Waals surface area (Å²) in [6, 6.07) is 15.3. The molecular weight excluding hydrogens is 334 g/mol. The second-order valence-corrected chi connectivity index (χ2v) is 7.16. The van der Waals surface area contributed by atoms with E-state index in [2.05, 4.69) is 15.6 Å². The van der Waals surface area contributed by atoms with Crippen molar-refractivity contribution >= 4 is 40.1 Å². The zero-order valence-electron chi connectivity index (χ0n) is 14.1. The SMILES string of the molecule is Cc1ccc(N=C2NC(=O)C(CC(=O)Nc3cccc(C)c3)S2)cc1. The molecule has 128 valence electrons. The van der Waals surface area contributed by atoms with Crippen molar-refractivity contribution in [3.8, 4) is 0 Å². The average Bonchev–Trinajstić information content (AvgIpc) is 2.89. The summed E-state index contributed by atoms with van der Waals surface area (Å²) in [7, 11) is 0. The highest BCUT2D eigenvalue weighted by atomic mass is 32.2. The van der Waals surface area contributed by atoms with E-state index >= 15 is 0 Å². The van der Waals surface area contributed by atoms with Crippen molar-refractivity contribution < 1.29 is 9.59 Å². The molecule has 25 heavy (non-hydrogen) atoms. The van der Waals surface area contributed by atoms with Gasteiger partial charge in [0.25, 0.3) is 0 Å². The van der Waals surface area contributed by atoms with Gasteiger partial charge in [-0.3, -0.25) is 9.59 Å². The van der Waals surface area contributed by atoms with Crippen LogP contribution in [0.1, 0.15) is 17.5 Å². The predicted octanol–water partition coefficient (Wildman–Crippen LogP) is 3.55. The Morgan fingerprint density at radius 3 is 2.64 bits per heavy atom. The van der Waals surface area contributed by atoms with E-state index in [9.17, 15) is 9.59 Å². The Hall–Kier alpha value is -2.60. The standard InChI is InChI=1S/C19H19N3O2S/c1-12-6-8-14(9-7-12)21-19-22-18(24)16(25-19)11-17(23)20-15-5-3-4-13(2)10-15/h3-10,16H,11H2,1-2H3,(H,20,23)(H,21,22,24). The lowest BCUT2D eigenvalue weighted by Gasteiger charge is -2.07. The molecule has 0 radical (unpaired) electrons. The minimum absolute atomic E-state index is 0.108. The number of hydrogen-bond donors (Lipinski definition) is 2. The van der Waals surface area contributed by atoms with E-state index < -0.39 is 5.25 Å². The maximum Gasteiger partial charge on any atom is 0.240 e. The normalized spacial score (nSPS) is 18.2. The number of aliphatic imine (C=N–C) groups is 1. The molecular formula is C19H19N3O2S. The highest BCUT2D eigenvalue weighted by Crippen LogP contribution is 2.25. The van der Waals surface area contributed by atoms with Gasteiger partial charge in [-0.05, 0) is 43.7 Å². The number of amidine groups is 1. The van der Waals surface area contributed by atoms with Crippen molar-refractivity contribution in [1.29, 1.82) is 0 Å². The van der Waals surface area contributed by atoms with Crippen molar-refractivity contribution in [1.82, 2.24) is 5.32 Å². The Morgan fingerprint density at radius 2 is 1.92 bits per heavy atom. The summed E-state index contributed by atoms with van der Waals surface area (Å²) in [5.74, 6) is -0.370. The molecule has 0 aromatic heterocycles. The molecule has 5 nitrogen and oxygen atoms in total. The summed E-state index contributed by atoms with van der Waals surface area (Å²) in [5.41, 5.74) is 3.73. The van der Waals surface area contributed by atoms with Crippen molar-refractivity contribution in [2.45, 2.75) is 25.5 Å². The van der Waals surface area contributed by atoms with Crippen LogP contribution < -0.4 is 10.6 Å². The minimum atomic E-state index is -0.464. The first-order valence-corrected chi connectivity index (χ1v) is 8.87. The molecule has 1 unspecified atom stereocenters. The molecule has 1 aliphatic heterocycles. The highest BCUT2D eigenvalue weighted by molar-refractivity contribution is 8.15. The van der Waals surface area contributed by atoms with E-state index in [1.54, 1.807) is 0 Å². The zero-order chi connectivity index (χ0) is 17.8. The Morgan fingerprint density at radius 1 is 1.16 bits per heavy atom. The molecule has 1 aliphatic rings. The quantitative estimate of drug-likeness (QED) is 0.883. The van der Waals surface area contributed by atoms with E-state index in [-0.39, 0.29) is 18.2 Å². The molecule has 2 amide bonds. The van der Waals surface area contributed by atoms with Crippen molar-refractivity contribution in [3.63, 3.8) is 0 Å². The first kappa shape index (κ1) is 17.2. The van der Waals surface area contributed by atoms with Gasteiger partial charge < -0.3 is 10.6 Å². The molecule has 3 rings (SSSR count). The summed E-state index contributed by atoms with van der Waals surface area (Å²) in [6.45, 7) is 3.97. The molecule has 0 bridgehead atoms. The van der Waals surface area contributed by atoms with E-state index in [4.69, 9.17) is 0 Å². The zero-order valence-corrected chi connectivity index (χ0v) is 14.9. The van der Waals surface area contributed by atoms with E-state index in [1.165, 1.54) is 11.8 Å². The van der Waals surface area contributed by atoms with Gasteiger partial charge in [0.15, 0.2) is 5.17 Å². The number of aryl methyl sites for hydroxylation is 2. The van der Waals surface area contributed by atoms with Crippen molar-refractivity contribution in [3.05, 3.63) is 59.7 Å². The molecule has 1 saturated heterocycles. The maximum atomic E-state index is 12.2. The highest BCUT2D eigenvalue weighted by Gasteiger charge is 2.32. The Balaban J connectivity index is 1.61. The van der Waals surface area contributed by atoms with Gasteiger partial charge in [-0.2, -0.15) is 0 Å². The summed E-state index contributed by atoms with van der Waals surface area (Å²) < 4.78 is 0. The largest absolute Gasteiger partial charge is 0.326 e. The second-order valence-electron chi connectivity index (χ2n) is 5.97. The number of hydrogen-bond acceptors (Lipinski definition) is 4. The smallest absolute Gasteiger partial charge is 0.240 e. The third-order valence-electron chi connectivity index (χ3n) is 3.71.